The average molecular weight is 214 g/mol. The van der Waals surface area contributed by atoms with Gasteiger partial charge in [-0.25, -0.2) is 0 Å². The third kappa shape index (κ3) is 4.12. The summed E-state index contributed by atoms with van der Waals surface area (Å²) in [5.41, 5.74) is 0. The topological polar surface area (TPSA) is 29.5 Å². The Bertz CT molecular complexity index is 147. The summed E-state index contributed by atoms with van der Waals surface area (Å²) in [4.78, 5) is 0. The van der Waals surface area contributed by atoms with Crippen molar-refractivity contribution in [1.82, 2.24) is 0 Å². The standard InChI is InChI=1S/C13H26O2/c1-3-5-11(6-4-2)13(14)12-7-9-15-10-8-12/h11-14H,3-10H2,1-2H3. The summed E-state index contributed by atoms with van der Waals surface area (Å²) in [7, 11) is 0. The maximum atomic E-state index is 10.3. The highest BCUT2D eigenvalue weighted by molar-refractivity contribution is 4.78. The van der Waals surface area contributed by atoms with Crippen LogP contribution in [0.2, 0.25) is 0 Å². The van der Waals surface area contributed by atoms with Gasteiger partial charge < -0.3 is 9.84 Å². The molecule has 1 aliphatic rings. The predicted molar refractivity (Wildman–Crippen MR) is 62.9 cm³/mol. The Hall–Kier alpha value is -0.0800. The van der Waals surface area contributed by atoms with Gasteiger partial charge in [-0.3, -0.25) is 0 Å². The van der Waals surface area contributed by atoms with Crippen molar-refractivity contribution in [3.8, 4) is 0 Å². The van der Waals surface area contributed by atoms with Crippen molar-refractivity contribution in [3.63, 3.8) is 0 Å². The zero-order valence-corrected chi connectivity index (χ0v) is 10.2. The summed E-state index contributed by atoms with van der Waals surface area (Å²) >= 11 is 0. The molecule has 0 amide bonds. The molecule has 1 aliphatic heterocycles. The molecule has 1 heterocycles. The SMILES string of the molecule is CCCC(CCC)C(O)C1CCOCC1. The first-order valence-electron chi connectivity index (χ1n) is 6.55. The summed E-state index contributed by atoms with van der Waals surface area (Å²) in [6.45, 7) is 6.10. The van der Waals surface area contributed by atoms with Crippen LogP contribution in [0.1, 0.15) is 52.4 Å². The smallest absolute Gasteiger partial charge is 0.0598 e. The molecule has 1 N–H and O–H groups in total. The van der Waals surface area contributed by atoms with Crippen LogP contribution < -0.4 is 0 Å². The van der Waals surface area contributed by atoms with E-state index in [0.29, 0.717) is 11.8 Å². The Morgan fingerprint density at radius 1 is 1.13 bits per heavy atom. The van der Waals surface area contributed by atoms with E-state index in [2.05, 4.69) is 13.8 Å². The molecule has 0 radical (unpaired) electrons. The number of ether oxygens (including phenoxy) is 1. The molecule has 0 aromatic heterocycles. The van der Waals surface area contributed by atoms with Crippen molar-refractivity contribution in [1.29, 1.82) is 0 Å². The minimum Gasteiger partial charge on any atom is -0.393 e. The molecule has 1 saturated heterocycles. The number of rotatable bonds is 6. The van der Waals surface area contributed by atoms with Gasteiger partial charge in [-0.15, -0.1) is 0 Å². The molecule has 1 unspecified atom stereocenters. The first-order valence-corrected chi connectivity index (χ1v) is 6.55. The molecular formula is C13H26O2. The van der Waals surface area contributed by atoms with E-state index >= 15 is 0 Å². The largest absolute Gasteiger partial charge is 0.393 e. The first-order chi connectivity index (χ1) is 7.29. The van der Waals surface area contributed by atoms with Gasteiger partial charge in [0.05, 0.1) is 6.10 Å². The fourth-order valence-electron chi connectivity index (χ4n) is 2.67. The van der Waals surface area contributed by atoms with Crippen molar-refractivity contribution >= 4 is 0 Å². The zero-order chi connectivity index (χ0) is 11.1. The lowest BCUT2D eigenvalue weighted by molar-refractivity contribution is -0.0212. The van der Waals surface area contributed by atoms with Crippen LogP contribution in [0.4, 0.5) is 0 Å². The Balaban J connectivity index is 2.41. The Morgan fingerprint density at radius 2 is 1.67 bits per heavy atom. The van der Waals surface area contributed by atoms with Gasteiger partial charge in [0, 0.05) is 13.2 Å². The lowest BCUT2D eigenvalue weighted by Gasteiger charge is -2.32. The molecule has 0 aromatic carbocycles. The molecule has 0 bridgehead atoms. The zero-order valence-electron chi connectivity index (χ0n) is 10.2. The van der Waals surface area contributed by atoms with Crippen LogP contribution in [-0.4, -0.2) is 24.4 Å². The Kier molecular flexibility index (Phi) is 6.26. The average Bonchev–Trinajstić information content (AvgIpc) is 2.29. The highest BCUT2D eigenvalue weighted by atomic mass is 16.5. The summed E-state index contributed by atoms with van der Waals surface area (Å²) in [6, 6.07) is 0. The van der Waals surface area contributed by atoms with Gasteiger partial charge in [0.25, 0.3) is 0 Å². The summed E-state index contributed by atoms with van der Waals surface area (Å²) in [5, 5.41) is 10.3. The minimum atomic E-state index is -0.0891. The maximum Gasteiger partial charge on any atom is 0.0598 e. The van der Waals surface area contributed by atoms with E-state index in [1.165, 1.54) is 25.7 Å². The van der Waals surface area contributed by atoms with Gasteiger partial charge in [-0.05, 0) is 37.5 Å². The summed E-state index contributed by atoms with van der Waals surface area (Å²) in [5.74, 6) is 1.00. The number of aliphatic hydroxyl groups is 1. The Morgan fingerprint density at radius 3 is 2.13 bits per heavy atom. The molecule has 0 spiro atoms. The molecule has 2 nitrogen and oxygen atoms in total. The fraction of sp³-hybridized carbons (Fsp3) is 1.00. The molecule has 1 atom stereocenters. The van der Waals surface area contributed by atoms with Crippen molar-refractivity contribution < 1.29 is 9.84 Å². The van der Waals surface area contributed by atoms with E-state index < -0.39 is 0 Å². The molecular weight excluding hydrogens is 188 g/mol. The molecule has 15 heavy (non-hydrogen) atoms. The van der Waals surface area contributed by atoms with Crippen LogP contribution in [0.5, 0.6) is 0 Å². The van der Waals surface area contributed by atoms with E-state index in [-0.39, 0.29) is 6.10 Å². The van der Waals surface area contributed by atoms with E-state index in [1.807, 2.05) is 0 Å². The molecule has 0 aliphatic carbocycles. The second-order valence-corrected chi connectivity index (χ2v) is 4.78. The van der Waals surface area contributed by atoms with Crippen molar-refractivity contribution in [2.45, 2.75) is 58.5 Å². The molecule has 1 fully saturated rings. The molecule has 0 saturated carbocycles. The number of hydrogen-bond donors (Lipinski definition) is 1. The minimum absolute atomic E-state index is 0.0891. The van der Waals surface area contributed by atoms with Gasteiger partial charge in [0.1, 0.15) is 0 Å². The van der Waals surface area contributed by atoms with Gasteiger partial charge >= 0.3 is 0 Å². The molecule has 90 valence electrons. The van der Waals surface area contributed by atoms with Gasteiger partial charge in [-0.2, -0.15) is 0 Å². The fourth-order valence-corrected chi connectivity index (χ4v) is 2.67. The van der Waals surface area contributed by atoms with Crippen molar-refractivity contribution in [3.05, 3.63) is 0 Å². The van der Waals surface area contributed by atoms with Crippen LogP contribution >= 0.6 is 0 Å². The second kappa shape index (κ2) is 7.24. The normalized spacial score (nSPS) is 20.8. The predicted octanol–water partition coefficient (Wildman–Crippen LogP) is 2.99. The summed E-state index contributed by atoms with van der Waals surface area (Å²) in [6.07, 6.45) is 6.72. The lowest BCUT2D eigenvalue weighted by atomic mass is 9.81. The number of aliphatic hydroxyl groups excluding tert-OH is 1. The third-order valence-corrected chi connectivity index (χ3v) is 3.55. The van der Waals surface area contributed by atoms with Crippen LogP contribution in [0, 0.1) is 11.8 Å². The van der Waals surface area contributed by atoms with Crippen LogP contribution in [0.25, 0.3) is 0 Å². The van der Waals surface area contributed by atoms with Crippen molar-refractivity contribution in [2.75, 3.05) is 13.2 Å². The summed E-state index contributed by atoms with van der Waals surface area (Å²) < 4.78 is 5.34. The van der Waals surface area contributed by atoms with Gasteiger partial charge in [-0.1, -0.05) is 26.7 Å². The van der Waals surface area contributed by atoms with Gasteiger partial charge in [0.2, 0.25) is 0 Å². The highest BCUT2D eigenvalue weighted by Crippen LogP contribution is 2.28. The molecule has 2 heteroatoms. The third-order valence-electron chi connectivity index (χ3n) is 3.55. The quantitative estimate of drug-likeness (QED) is 0.736. The van der Waals surface area contributed by atoms with E-state index in [1.54, 1.807) is 0 Å². The van der Waals surface area contributed by atoms with E-state index in [0.717, 1.165) is 26.1 Å². The highest BCUT2D eigenvalue weighted by Gasteiger charge is 2.27. The molecule has 0 aromatic rings. The monoisotopic (exact) mass is 214 g/mol. The van der Waals surface area contributed by atoms with Crippen LogP contribution in [0.3, 0.4) is 0 Å². The lowest BCUT2D eigenvalue weighted by Crippen LogP contribution is -2.33. The van der Waals surface area contributed by atoms with Gasteiger partial charge in [0.15, 0.2) is 0 Å². The van der Waals surface area contributed by atoms with Crippen molar-refractivity contribution in [2.24, 2.45) is 11.8 Å². The van der Waals surface area contributed by atoms with Crippen LogP contribution in [-0.2, 0) is 4.74 Å². The second-order valence-electron chi connectivity index (χ2n) is 4.78. The van der Waals surface area contributed by atoms with Crippen LogP contribution in [0.15, 0.2) is 0 Å². The first kappa shape index (κ1) is 13.0. The molecule has 1 rings (SSSR count). The Labute approximate surface area is 94.0 Å². The number of hydrogen-bond acceptors (Lipinski definition) is 2. The van der Waals surface area contributed by atoms with E-state index in [9.17, 15) is 5.11 Å². The van der Waals surface area contributed by atoms with E-state index in [4.69, 9.17) is 4.74 Å². The maximum absolute atomic E-state index is 10.3.